The van der Waals surface area contributed by atoms with Gasteiger partial charge >= 0.3 is 408 Å². The van der Waals surface area contributed by atoms with E-state index in [-0.39, 0.29) is 7.75 Å². The van der Waals surface area contributed by atoms with Gasteiger partial charge in [0.05, 0.1) is 0 Å². The van der Waals surface area contributed by atoms with Gasteiger partial charge in [0.1, 0.15) is 0 Å². The van der Waals surface area contributed by atoms with Gasteiger partial charge in [0.15, 0.2) is 0 Å². The molecule has 340 valence electrons. The van der Waals surface area contributed by atoms with Crippen molar-refractivity contribution in [2.24, 2.45) is 0 Å². The first-order valence-corrected chi connectivity index (χ1v) is 33.4. The van der Waals surface area contributed by atoms with Crippen LogP contribution in [0.15, 0.2) is 195 Å². The van der Waals surface area contributed by atoms with Crippen LogP contribution in [0, 0.1) is 0 Å². The first-order valence-electron chi connectivity index (χ1n) is 22.4. The maximum atomic E-state index is 8.49. The van der Waals surface area contributed by atoms with Gasteiger partial charge in [-0.15, -0.1) is 0 Å². The molecule has 0 aliphatic carbocycles. The van der Waals surface area contributed by atoms with Crippen molar-refractivity contribution in [1.82, 2.24) is 39.9 Å². The quantitative estimate of drug-likeness (QED) is 0.0336. The normalized spacial score (nSPS) is 12.7. The minimum absolute atomic E-state index is 0.234. The van der Waals surface area contributed by atoms with Crippen LogP contribution < -0.4 is 43.5 Å². The summed E-state index contributed by atoms with van der Waals surface area (Å²) < 4.78 is 0.469. The average Bonchev–Trinajstić information content (AvgIpc) is 3.39. The van der Waals surface area contributed by atoms with Crippen molar-refractivity contribution in [2.45, 2.75) is 59.1 Å². The topological polar surface area (TPSA) is 103 Å². The van der Waals surface area contributed by atoms with E-state index in [0.29, 0.717) is 0 Å². The standard InChI is InChI=1S/2C26H27N4P2.Au.ClH/c2*1(11-21-31(23-13-3-7-17-27-23)24-14-4-8-18-28-24)2-12-22-32(25-15-5-9-19-29-25)26-16-6-10-20-30-26;;/h2*3-10,13-21H,1-2,11-12,22H2;;1H/q;;+1;/p-1. The molecule has 8 aromatic heterocycles. The van der Waals surface area contributed by atoms with E-state index in [9.17, 15) is 0 Å². The van der Waals surface area contributed by atoms with Crippen molar-refractivity contribution < 1.29 is 17.4 Å². The molecule has 0 aliphatic rings. The Kier molecular flexibility index (Phi) is 19.4. The molecule has 0 bridgehead atoms. The van der Waals surface area contributed by atoms with Crippen LogP contribution in [0.5, 0.6) is 0 Å². The predicted molar refractivity (Wildman–Crippen MR) is 279 cm³/mol. The first kappa shape index (κ1) is 48.4. The SMILES string of the molecule is [Cl][Au]([CH](CCCCCP(c1ccccn1)c1ccccn1)P(c1ccccn1)c1ccccn1)[CH](CCCCCP(c1ccccn1)c1ccccn1)P(c1ccccn1)c1ccccn1. The first-order chi connectivity index (χ1) is 32.7. The van der Waals surface area contributed by atoms with E-state index >= 15 is 0 Å². The van der Waals surface area contributed by atoms with Crippen LogP contribution in [-0.2, 0) is 17.4 Å². The number of nitrogens with zero attached hydrogens (tertiary/aromatic N) is 8. The summed E-state index contributed by atoms with van der Waals surface area (Å²) in [5, 5.41) is 0. The molecule has 0 aromatic carbocycles. The fraction of sp³-hybridized carbons (Fsp3) is 0.231. The Morgan fingerprint density at radius 3 is 0.788 bits per heavy atom. The number of unbranched alkanes of at least 4 members (excludes halogenated alkanes) is 4. The Balaban J connectivity index is 1.09. The van der Waals surface area contributed by atoms with Gasteiger partial charge in [0.2, 0.25) is 0 Å². The summed E-state index contributed by atoms with van der Waals surface area (Å²) in [6.07, 6.45) is 26.0. The molecule has 0 spiro atoms. The minimum atomic E-state index is -2.36. The van der Waals surface area contributed by atoms with E-state index in [0.717, 1.165) is 107 Å². The van der Waals surface area contributed by atoms with Crippen LogP contribution in [0.2, 0.25) is 0 Å². The third-order valence-corrected chi connectivity index (χ3v) is 34.4. The van der Waals surface area contributed by atoms with Crippen LogP contribution in [0.4, 0.5) is 0 Å². The van der Waals surface area contributed by atoms with Crippen molar-refractivity contribution in [1.29, 1.82) is 0 Å². The molecule has 14 heteroatoms. The number of hydrogen-bond acceptors (Lipinski definition) is 8. The van der Waals surface area contributed by atoms with E-state index in [1.807, 2.05) is 98.1 Å². The Morgan fingerprint density at radius 1 is 0.318 bits per heavy atom. The third kappa shape index (κ3) is 13.6. The fourth-order valence-electron chi connectivity index (χ4n) is 7.69. The molecule has 2 atom stereocenters. The van der Waals surface area contributed by atoms with Crippen LogP contribution in [-0.4, -0.2) is 59.9 Å². The van der Waals surface area contributed by atoms with Gasteiger partial charge in [0.25, 0.3) is 0 Å². The Hall–Kier alpha value is -4.05. The van der Waals surface area contributed by atoms with Crippen LogP contribution >= 0.6 is 40.9 Å². The molecule has 0 aliphatic heterocycles. The summed E-state index contributed by atoms with van der Waals surface area (Å²) in [6.45, 7) is 0. The number of halogens is 1. The summed E-state index contributed by atoms with van der Waals surface area (Å²) in [7, 11) is 5.20. The maximum absolute atomic E-state index is 8.49. The second kappa shape index (κ2) is 26.5. The molecule has 0 N–H and O–H groups in total. The second-order valence-corrected chi connectivity index (χ2v) is 33.0. The van der Waals surface area contributed by atoms with Gasteiger partial charge in [-0.3, -0.25) is 0 Å². The molecule has 0 fully saturated rings. The fourth-order valence-corrected chi connectivity index (χ4v) is 32.5. The molecule has 0 saturated carbocycles. The molecule has 0 amide bonds. The van der Waals surface area contributed by atoms with Gasteiger partial charge in [-0.2, -0.15) is 0 Å². The molecule has 0 saturated heterocycles. The molecule has 8 heterocycles. The van der Waals surface area contributed by atoms with Crippen molar-refractivity contribution in [2.75, 3.05) is 12.3 Å². The van der Waals surface area contributed by atoms with Crippen LogP contribution in [0.25, 0.3) is 0 Å². The zero-order valence-corrected chi connectivity index (χ0v) is 43.2. The molecule has 0 radical (unpaired) electrons. The second-order valence-electron chi connectivity index (χ2n) is 15.2. The van der Waals surface area contributed by atoms with Crippen LogP contribution in [0.3, 0.4) is 0 Å². The number of aromatic nitrogens is 8. The van der Waals surface area contributed by atoms with E-state index in [2.05, 4.69) is 97.1 Å². The average molecular weight is 1150 g/mol. The van der Waals surface area contributed by atoms with Gasteiger partial charge in [-0.05, 0) is 0 Å². The Bertz CT molecular complexity index is 2220. The summed E-state index contributed by atoms with van der Waals surface area (Å²) in [5.41, 5.74) is 8.94. The molecule has 2 unspecified atom stereocenters. The van der Waals surface area contributed by atoms with Crippen molar-refractivity contribution in [3.05, 3.63) is 195 Å². The molecule has 8 rings (SSSR count). The van der Waals surface area contributed by atoms with Crippen LogP contribution in [0.1, 0.15) is 51.4 Å². The predicted octanol–water partition coefficient (Wildman–Crippen LogP) is 9.22. The van der Waals surface area contributed by atoms with Gasteiger partial charge in [-0.1, -0.05) is 0 Å². The zero-order chi connectivity index (χ0) is 45.0. The van der Waals surface area contributed by atoms with E-state index in [1.165, 1.54) is 0 Å². The summed E-state index contributed by atoms with van der Waals surface area (Å²) in [4.78, 5) is 39.6. The van der Waals surface area contributed by atoms with E-state index < -0.39 is 49.0 Å². The Morgan fingerprint density at radius 2 is 0.561 bits per heavy atom. The molecular formula is C52H54AuClN8P4. The van der Waals surface area contributed by atoms with E-state index in [1.54, 1.807) is 0 Å². The molecular weight excluding hydrogens is 1090 g/mol. The van der Waals surface area contributed by atoms with Crippen molar-refractivity contribution in [3.8, 4) is 0 Å². The Labute approximate surface area is 405 Å². The monoisotopic (exact) mass is 1150 g/mol. The molecule has 66 heavy (non-hydrogen) atoms. The van der Waals surface area contributed by atoms with Crippen molar-refractivity contribution in [3.63, 3.8) is 0 Å². The number of hydrogen-bond donors (Lipinski definition) is 0. The summed E-state index contributed by atoms with van der Waals surface area (Å²) in [6, 6.07) is 50.4. The zero-order valence-electron chi connectivity index (χ0n) is 36.7. The van der Waals surface area contributed by atoms with Gasteiger partial charge < -0.3 is 0 Å². The third-order valence-electron chi connectivity index (χ3n) is 10.8. The molecule has 8 nitrogen and oxygen atoms in total. The molecule has 8 aromatic rings. The summed E-state index contributed by atoms with van der Waals surface area (Å²) in [5.74, 6) is 0. The van der Waals surface area contributed by atoms with E-state index in [4.69, 9.17) is 49.1 Å². The van der Waals surface area contributed by atoms with Gasteiger partial charge in [0, 0.05) is 0 Å². The van der Waals surface area contributed by atoms with Crippen molar-refractivity contribution >= 4 is 84.4 Å². The summed E-state index contributed by atoms with van der Waals surface area (Å²) >= 11 is -2.36. The number of pyridine rings is 8. The van der Waals surface area contributed by atoms with Gasteiger partial charge in [-0.25, -0.2) is 0 Å². The number of rotatable bonds is 24.